The highest BCUT2D eigenvalue weighted by molar-refractivity contribution is 6.01. The first-order valence-electron chi connectivity index (χ1n) is 14.7. The number of hydrogen-bond acceptors (Lipinski definition) is 6. The molecule has 0 aliphatic carbocycles. The average molecular weight is 601 g/mol. The molecule has 0 aliphatic heterocycles. The van der Waals surface area contributed by atoms with Gasteiger partial charge in [0.1, 0.15) is 0 Å². The van der Waals surface area contributed by atoms with Gasteiger partial charge < -0.3 is 10.3 Å². The number of hydrogen-bond donors (Lipinski definition) is 3. The van der Waals surface area contributed by atoms with Gasteiger partial charge in [0.05, 0.1) is 23.3 Å². The Morgan fingerprint density at radius 2 is 1.69 bits per heavy atom. The van der Waals surface area contributed by atoms with E-state index in [9.17, 15) is 4.79 Å². The zero-order chi connectivity index (χ0) is 32.6. The van der Waals surface area contributed by atoms with Gasteiger partial charge in [0.25, 0.3) is 0 Å². The molecule has 9 nitrogen and oxygen atoms in total. The molecule has 6 aromatic rings. The molecule has 230 valence electrons. The van der Waals surface area contributed by atoms with Crippen molar-refractivity contribution < 1.29 is 4.79 Å². The van der Waals surface area contributed by atoms with E-state index in [1.807, 2.05) is 58.0 Å². The topological polar surface area (TPSA) is 125 Å². The Bertz CT molecular complexity index is 1870. The van der Waals surface area contributed by atoms with Crippen LogP contribution in [0.25, 0.3) is 55.6 Å². The number of aromatic nitrogens is 6. The number of fused-ring (bicyclic) bond motifs is 2. The van der Waals surface area contributed by atoms with Crippen molar-refractivity contribution in [3.63, 3.8) is 0 Å². The molecule has 0 radical (unpaired) electrons. The third kappa shape index (κ3) is 8.67. The fraction of sp³-hybridized carbons (Fsp3) is 0.167. The number of anilines is 1. The SMILES string of the molecule is C=CC.C=CC=NC.CC.CCC(=O)Nc1cncc(-c2cnc3n[nH]c(-c4cc5c(-c6ccncc6)cccc5[nH]4)c3c2)c1. The van der Waals surface area contributed by atoms with E-state index in [2.05, 4.69) is 71.8 Å². The fourth-order valence-electron chi connectivity index (χ4n) is 4.36. The maximum absolute atomic E-state index is 11.8. The number of carbonyl (C=O) groups is 1. The summed E-state index contributed by atoms with van der Waals surface area (Å²) in [4.78, 5) is 31.9. The van der Waals surface area contributed by atoms with E-state index in [0.29, 0.717) is 17.8 Å². The van der Waals surface area contributed by atoms with E-state index in [1.165, 1.54) is 0 Å². The molecule has 0 spiro atoms. The Morgan fingerprint density at radius 3 is 2.36 bits per heavy atom. The van der Waals surface area contributed by atoms with Gasteiger partial charge in [-0.05, 0) is 54.4 Å². The van der Waals surface area contributed by atoms with Crippen molar-refractivity contribution >= 4 is 39.7 Å². The molecule has 5 heterocycles. The fourth-order valence-corrected chi connectivity index (χ4v) is 4.36. The minimum atomic E-state index is -0.0559. The summed E-state index contributed by atoms with van der Waals surface area (Å²) >= 11 is 0. The van der Waals surface area contributed by atoms with Crippen molar-refractivity contribution in [2.75, 3.05) is 12.4 Å². The number of amides is 1. The van der Waals surface area contributed by atoms with Crippen LogP contribution in [0.1, 0.15) is 34.1 Å². The van der Waals surface area contributed by atoms with Gasteiger partial charge in [-0.1, -0.05) is 51.6 Å². The first kappa shape index (κ1) is 33.8. The number of pyridine rings is 3. The van der Waals surface area contributed by atoms with Gasteiger partial charge in [0.2, 0.25) is 5.91 Å². The van der Waals surface area contributed by atoms with Crippen LogP contribution in [0.4, 0.5) is 5.69 Å². The summed E-state index contributed by atoms with van der Waals surface area (Å²) < 4.78 is 0. The second-order valence-electron chi connectivity index (χ2n) is 9.29. The van der Waals surface area contributed by atoms with Crippen molar-refractivity contribution in [1.29, 1.82) is 0 Å². The van der Waals surface area contributed by atoms with Crippen LogP contribution in [0.15, 0.2) is 110 Å². The third-order valence-electron chi connectivity index (χ3n) is 6.27. The number of carbonyl (C=O) groups excluding carboxylic acids is 1. The highest BCUT2D eigenvalue weighted by Crippen LogP contribution is 2.34. The number of H-pyrrole nitrogens is 2. The number of aliphatic imine (C=N–C) groups is 1. The van der Waals surface area contributed by atoms with Crippen LogP contribution in [0, 0.1) is 0 Å². The number of aromatic amines is 2. The smallest absolute Gasteiger partial charge is 0.224 e. The molecule has 3 N–H and O–H groups in total. The summed E-state index contributed by atoms with van der Waals surface area (Å²) in [7, 11) is 1.71. The lowest BCUT2D eigenvalue weighted by Gasteiger charge is -2.06. The summed E-state index contributed by atoms with van der Waals surface area (Å²) in [5.74, 6) is -0.0559. The highest BCUT2D eigenvalue weighted by atomic mass is 16.1. The molecule has 0 saturated carbocycles. The van der Waals surface area contributed by atoms with Crippen LogP contribution in [0.3, 0.4) is 0 Å². The summed E-state index contributed by atoms with van der Waals surface area (Å²) in [6.07, 6.45) is 14.2. The van der Waals surface area contributed by atoms with E-state index in [-0.39, 0.29) is 5.91 Å². The molecule has 0 atom stereocenters. The Labute approximate surface area is 264 Å². The van der Waals surface area contributed by atoms with Gasteiger partial charge in [0, 0.05) is 71.9 Å². The van der Waals surface area contributed by atoms with Crippen molar-refractivity contribution in [1.82, 2.24) is 30.1 Å². The zero-order valence-electron chi connectivity index (χ0n) is 26.5. The van der Waals surface area contributed by atoms with Crippen molar-refractivity contribution in [3.8, 4) is 33.6 Å². The van der Waals surface area contributed by atoms with Crippen LogP contribution < -0.4 is 5.32 Å². The predicted molar refractivity (Wildman–Crippen MR) is 188 cm³/mol. The maximum Gasteiger partial charge on any atom is 0.224 e. The monoisotopic (exact) mass is 600 g/mol. The number of allylic oxidation sites excluding steroid dienone is 2. The van der Waals surface area contributed by atoms with E-state index < -0.39 is 0 Å². The van der Waals surface area contributed by atoms with Crippen LogP contribution in [-0.2, 0) is 4.79 Å². The van der Waals surface area contributed by atoms with Crippen molar-refractivity contribution in [2.45, 2.75) is 34.1 Å². The standard InChI is InChI=1S/C27H21N7O.C4H7N.C3H6.C2H6/c1-2-25(35)31-19-10-17(13-29-15-19)18-11-22-26(33-34-27(22)30-14-18)24-12-21-20(4-3-5-23(21)32-24)16-6-8-28-9-7-16;1-3-4-5-2;1-3-2;1-2/h3-15,32H,2H2,1H3,(H,31,35)(H,30,33,34);3-4H,1H2,2H3;3H,1H2,2H3;1-2H3. The van der Waals surface area contributed by atoms with Crippen LogP contribution in [0.5, 0.6) is 0 Å². The number of benzene rings is 1. The molecule has 1 aromatic carbocycles. The molecule has 0 fully saturated rings. The molecule has 0 bridgehead atoms. The Kier molecular flexibility index (Phi) is 13.1. The molecule has 0 aliphatic rings. The van der Waals surface area contributed by atoms with Crippen molar-refractivity contribution in [2.24, 2.45) is 4.99 Å². The normalized spacial score (nSPS) is 10.2. The quantitative estimate of drug-likeness (QED) is 0.130. The van der Waals surface area contributed by atoms with Crippen LogP contribution >= 0.6 is 0 Å². The summed E-state index contributed by atoms with van der Waals surface area (Å²) in [6.45, 7) is 14.5. The van der Waals surface area contributed by atoms with Gasteiger partial charge in [-0.3, -0.25) is 24.9 Å². The Morgan fingerprint density at radius 1 is 0.956 bits per heavy atom. The minimum absolute atomic E-state index is 0.0559. The third-order valence-corrected chi connectivity index (χ3v) is 6.27. The molecule has 45 heavy (non-hydrogen) atoms. The maximum atomic E-state index is 11.8. The van der Waals surface area contributed by atoms with Gasteiger partial charge in [-0.25, -0.2) is 4.98 Å². The highest BCUT2D eigenvalue weighted by Gasteiger charge is 2.15. The van der Waals surface area contributed by atoms with Crippen LogP contribution in [-0.4, -0.2) is 49.3 Å². The molecule has 6 rings (SSSR count). The van der Waals surface area contributed by atoms with E-state index in [0.717, 1.165) is 49.9 Å². The molecular weight excluding hydrogens is 560 g/mol. The van der Waals surface area contributed by atoms with Gasteiger partial charge in [0.15, 0.2) is 5.65 Å². The molecule has 0 unspecified atom stereocenters. The summed E-state index contributed by atoms with van der Waals surface area (Å²) in [5.41, 5.74) is 8.07. The molecule has 9 heteroatoms. The largest absolute Gasteiger partial charge is 0.353 e. The number of nitrogens with zero attached hydrogens (tertiary/aromatic N) is 5. The van der Waals surface area contributed by atoms with Crippen LogP contribution in [0.2, 0.25) is 0 Å². The second-order valence-corrected chi connectivity index (χ2v) is 9.29. The first-order chi connectivity index (χ1) is 22.0. The molecular formula is C36H40N8O. The lowest BCUT2D eigenvalue weighted by Crippen LogP contribution is -2.09. The van der Waals surface area contributed by atoms with E-state index in [4.69, 9.17) is 0 Å². The second kappa shape index (κ2) is 17.4. The number of nitrogens with one attached hydrogen (secondary N) is 3. The average Bonchev–Trinajstić information content (AvgIpc) is 3.71. The predicted octanol–water partition coefficient (Wildman–Crippen LogP) is 8.67. The van der Waals surface area contributed by atoms with Crippen molar-refractivity contribution in [3.05, 3.63) is 105 Å². The summed E-state index contributed by atoms with van der Waals surface area (Å²) in [5, 5.41) is 12.4. The lowest BCUT2D eigenvalue weighted by atomic mass is 10.0. The van der Waals surface area contributed by atoms with Gasteiger partial charge in [-0.2, -0.15) is 5.10 Å². The Hall–Kier alpha value is -5.70. The Balaban J connectivity index is 0.000000490. The van der Waals surface area contributed by atoms with Gasteiger partial charge >= 0.3 is 0 Å². The lowest BCUT2D eigenvalue weighted by molar-refractivity contribution is -0.115. The molecule has 0 saturated heterocycles. The first-order valence-corrected chi connectivity index (χ1v) is 14.7. The molecule has 1 amide bonds. The van der Waals surface area contributed by atoms with E-state index in [1.54, 1.807) is 56.4 Å². The molecule has 5 aromatic heterocycles. The minimum Gasteiger partial charge on any atom is -0.353 e. The van der Waals surface area contributed by atoms with E-state index >= 15 is 0 Å². The zero-order valence-corrected chi connectivity index (χ0v) is 26.5. The summed E-state index contributed by atoms with van der Waals surface area (Å²) in [6, 6.07) is 16.3. The van der Waals surface area contributed by atoms with Gasteiger partial charge in [-0.15, -0.1) is 6.58 Å². The number of rotatable bonds is 6.